The van der Waals surface area contributed by atoms with Crippen molar-refractivity contribution in [2.75, 3.05) is 0 Å². The molecule has 24 heavy (non-hydrogen) atoms. The summed E-state index contributed by atoms with van der Waals surface area (Å²) in [4.78, 5) is 0. The third kappa shape index (κ3) is 4.63. The fraction of sp³-hybridized carbons (Fsp3) is 0.478. The van der Waals surface area contributed by atoms with E-state index in [-0.39, 0.29) is 0 Å². The summed E-state index contributed by atoms with van der Waals surface area (Å²) in [5.41, 5.74) is 6.55. The summed E-state index contributed by atoms with van der Waals surface area (Å²) in [6.45, 7) is 11.0. The average molecular weight is 325 g/mol. The van der Waals surface area contributed by atoms with Crippen molar-refractivity contribution in [1.29, 1.82) is 0 Å². The molecule has 0 unspecified atom stereocenters. The highest BCUT2D eigenvalue weighted by atomic mass is 16.3. The molecule has 2 aromatic carbocycles. The number of phenols is 1. The lowest BCUT2D eigenvalue weighted by Gasteiger charge is -2.26. The van der Waals surface area contributed by atoms with E-state index in [4.69, 9.17) is 0 Å². The third-order valence-corrected chi connectivity index (χ3v) is 5.54. The van der Waals surface area contributed by atoms with Crippen LogP contribution in [0.2, 0.25) is 0 Å². The van der Waals surface area contributed by atoms with E-state index in [1.54, 1.807) is 0 Å². The molecule has 0 radical (unpaired) electrons. The highest BCUT2D eigenvalue weighted by Gasteiger charge is 2.20. The minimum Gasteiger partial charge on any atom is -0.508 e. The van der Waals surface area contributed by atoms with E-state index in [1.165, 1.54) is 35.1 Å². The predicted molar refractivity (Wildman–Crippen MR) is 104 cm³/mol. The van der Waals surface area contributed by atoms with E-state index in [9.17, 15) is 5.11 Å². The lowest BCUT2D eigenvalue weighted by atomic mass is 9.79. The van der Waals surface area contributed by atoms with Gasteiger partial charge in [0.05, 0.1) is 0 Å². The van der Waals surface area contributed by atoms with Gasteiger partial charge < -0.3 is 5.11 Å². The molecule has 0 heterocycles. The van der Waals surface area contributed by atoms with Gasteiger partial charge in [0.15, 0.2) is 0 Å². The highest BCUT2D eigenvalue weighted by Crippen LogP contribution is 2.29. The van der Waals surface area contributed by atoms with E-state index < -0.39 is 0 Å². The zero-order chi connectivity index (χ0) is 17.7. The first kappa shape index (κ1) is 18.6. The maximum absolute atomic E-state index is 9.73. The summed E-state index contributed by atoms with van der Waals surface area (Å²) in [7, 11) is 0. The molecule has 0 saturated heterocycles. The second-order valence-corrected chi connectivity index (χ2v) is 7.28. The number of aromatic hydroxyl groups is 1. The Balaban J connectivity index is 2.13. The topological polar surface area (TPSA) is 20.2 Å². The van der Waals surface area contributed by atoms with Crippen LogP contribution in [-0.4, -0.2) is 5.11 Å². The summed E-state index contributed by atoms with van der Waals surface area (Å²) >= 11 is 0. The summed E-state index contributed by atoms with van der Waals surface area (Å²) in [5.74, 6) is 1.78. The summed E-state index contributed by atoms with van der Waals surface area (Å²) in [6, 6.07) is 13.0. The number of hydrogen-bond acceptors (Lipinski definition) is 1. The summed E-state index contributed by atoms with van der Waals surface area (Å²) < 4.78 is 0. The molecule has 0 fully saturated rings. The van der Waals surface area contributed by atoms with Gasteiger partial charge >= 0.3 is 0 Å². The molecular weight excluding hydrogens is 292 g/mol. The van der Waals surface area contributed by atoms with Gasteiger partial charge in [0.1, 0.15) is 5.75 Å². The Labute approximate surface area is 147 Å². The zero-order valence-corrected chi connectivity index (χ0v) is 15.9. The van der Waals surface area contributed by atoms with Crippen molar-refractivity contribution in [3.8, 4) is 5.75 Å². The SMILES string of the molecule is CC[C@@H](Cc1ccc(C)c(C)c1)[C@@H](CC)Cc1ccc(O)c(C)c1. The molecule has 0 aromatic heterocycles. The lowest BCUT2D eigenvalue weighted by molar-refractivity contribution is 0.308. The van der Waals surface area contributed by atoms with E-state index in [0.29, 0.717) is 17.6 Å². The highest BCUT2D eigenvalue weighted by molar-refractivity contribution is 5.35. The molecule has 2 aromatic rings. The van der Waals surface area contributed by atoms with E-state index in [1.807, 2.05) is 13.0 Å². The molecule has 0 aliphatic heterocycles. The maximum Gasteiger partial charge on any atom is 0.118 e. The van der Waals surface area contributed by atoms with Crippen LogP contribution in [0, 0.1) is 32.6 Å². The monoisotopic (exact) mass is 324 g/mol. The van der Waals surface area contributed by atoms with Crippen LogP contribution in [0.1, 0.15) is 54.5 Å². The Bertz CT molecular complexity index is 612. The minimum atomic E-state index is 0.397. The molecule has 1 N–H and O–H groups in total. The van der Waals surface area contributed by atoms with Crippen LogP contribution in [0.5, 0.6) is 5.75 Å². The molecular formula is C23H32O. The number of phenolic OH excluding ortho intramolecular Hbond substituents is 1. The molecule has 0 aliphatic carbocycles. The first-order chi connectivity index (χ1) is 11.4. The van der Waals surface area contributed by atoms with Crippen molar-refractivity contribution in [2.24, 2.45) is 11.8 Å². The van der Waals surface area contributed by atoms with Crippen molar-refractivity contribution in [2.45, 2.75) is 60.3 Å². The molecule has 0 spiro atoms. The van der Waals surface area contributed by atoms with E-state index >= 15 is 0 Å². The van der Waals surface area contributed by atoms with Crippen molar-refractivity contribution in [3.05, 3.63) is 64.2 Å². The van der Waals surface area contributed by atoms with Crippen LogP contribution >= 0.6 is 0 Å². The van der Waals surface area contributed by atoms with E-state index in [0.717, 1.165) is 18.4 Å². The fourth-order valence-corrected chi connectivity index (χ4v) is 3.67. The standard InChI is InChI=1S/C23H32O/c1-6-21(14-19-9-8-16(3)17(4)12-19)22(7-2)15-20-10-11-23(24)18(5)13-20/h8-13,21-22,24H,6-7,14-15H2,1-5H3/t21-,22-/m0/s1. The van der Waals surface area contributed by atoms with Crippen LogP contribution < -0.4 is 0 Å². The van der Waals surface area contributed by atoms with Crippen LogP contribution in [0.4, 0.5) is 0 Å². The van der Waals surface area contributed by atoms with Gasteiger partial charge in [-0.15, -0.1) is 0 Å². The predicted octanol–water partition coefficient (Wildman–Crippen LogP) is 6.16. The number of rotatable bonds is 7. The molecule has 2 rings (SSSR count). The molecule has 130 valence electrons. The smallest absolute Gasteiger partial charge is 0.118 e. The number of benzene rings is 2. The zero-order valence-electron chi connectivity index (χ0n) is 15.9. The average Bonchev–Trinajstić information content (AvgIpc) is 2.57. The van der Waals surface area contributed by atoms with Crippen molar-refractivity contribution in [1.82, 2.24) is 0 Å². The normalized spacial score (nSPS) is 13.7. The molecule has 0 saturated carbocycles. The van der Waals surface area contributed by atoms with Crippen LogP contribution in [0.25, 0.3) is 0 Å². The van der Waals surface area contributed by atoms with E-state index in [2.05, 4.69) is 58.0 Å². The van der Waals surface area contributed by atoms with Crippen molar-refractivity contribution in [3.63, 3.8) is 0 Å². The number of aryl methyl sites for hydroxylation is 3. The summed E-state index contributed by atoms with van der Waals surface area (Å²) in [6.07, 6.45) is 4.67. The van der Waals surface area contributed by atoms with Gasteiger partial charge in [0, 0.05) is 0 Å². The molecule has 0 aliphatic rings. The van der Waals surface area contributed by atoms with Crippen molar-refractivity contribution < 1.29 is 5.11 Å². The quantitative estimate of drug-likeness (QED) is 0.647. The Kier molecular flexibility index (Phi) is 6.48. The Morgan fingerprint density at radius 3 is 1.67 bits per heavy atom. The second-order valence-electron chi connectivity index (χ2n) is 7.28. The molecule has 1 nitrogen and oxygen atoms in total. The molecule has 1 heteroatoms. The molecule has 0 bridgehead atoms. The fourth-order valence-electron chi connectivity index (χ4n) is 3.67. The van der Waals surface area contributed by atoms with Gasteiger partial charge in [-0.3, -0.25) is 0 Å². The molecule has 0 amide bonds. The number of hydrogen-bond donors (Lipinski definition) is 1. The van der Waals surface area contributed by atoms with Crippen LogP contribution in [0.3, 0.4) is 0 Å². The Morgan fingerprint density at radius 2 is 1.21 bits per heavy atom. The largest absolute Gasteiger partial charge is 0.508 e. The Hall–Kier alpha value is -1.76. The van der Waals surface area contributed by atoms with Gasteiger partial charge in [0.2, 0.25) is 0 Å². The summed E-state index contributed by atoms with van der Waals surface area (Å²) in [5, 5.41) is 9.73. The first-order valence-electron chi connectivity index (χ1n) is 9.29. The Morgan fingerprint density at radius 1 is 0.708 bits per heavy atom. The minimum absolute atomic E-state index is 0.397. The van der Waals surface area contributed by atoms with Crippen LogP contribution in [-0.2, 0) is 12.8 Å². The first-order valence-corrected chi connectivity index (χ1v) is 9.29. The van der Waals surface area contributed by atoms with Gasteiger partial charge in [-0.2, -0.15) is 0 Å². The van der Waals surface area contributed by atoms with Crippen molar-refractivity contribution >= 4 is 0 Å². The van der Waals surface area contributed by atoms with Gasteiger partial charge in [-0.1, -0.05) is 57.0 Å². The van der Waals surface area contributed by atoms with Gasteiger partial charge in [-0.25, -0.2) is 0 Å². The second kappa shape index (κ2) is 8.37. The molecule has 2 atom stereocenters. The van der Waals surface area contributed by atoms with Gasteiger partial charge in [0.25, 0.3) is 0 Å². The van der Waals surface area contributed by atoms with Gasteiger partial charge in [-0.05, 0) is 79.3 Å². The third-order valence-electron chi connectivity index (χ3n) is 5.54. The maximum atomic E-state index is 9.73. The lowest BCUT2D eigenvalue weighted by Crippen LogP contribution is -2.19. The van der Waals surface area contributed by atoms with Crippen LogP contribution in [0.15, 0.2) is 36.4 Å².